The number of ether oxygens (including phenoxy) is 1. The average Bonchev–Trinajstić information content (AvgIpc) is 2.60. The molecule has 8 heteroatoms. The standard InChI is InChI=1S/C17H19N3O5/c1-4-11-25-13-8-5-12(6-9-13)7-10-14-15(20(23)24)16(21)19(3)17(22)18(14)2/h5-10H,4,11H2,1-3H3. The summed E-state index contributed by atoms with van der Waals surface area (Å²) in [6.45, 7) is 2.63. The highest BCUT2D eigenvalue weighted by atomic mass is 16.6. The fraction of sp³-hybridized carbons (Fsp3) is 0.294. The summed E-state index contributed by atoms with van der Waals surface area (Å²) >= 11 is 0. The minimum absolute atomic E-state index is 0.0515. The molecule has 132 valence electrons. The summed E-state index contributed by atoms with van der Waals surface area (Å²) in [7, 11) is 2.59. The van der Waals surface area contributed by atoms with Crippen LogP contribution in [0.3, 0.4) is 0 Å². The Hall–Kier alpha value is -3.16. The summed E-state index contributed by atoms with van der Waals surface area (Å²) < 4.78 is 7.28. The number of benzene rings is 1. The van der Waals surface area contributed by atoms with Crippen molar-refractivity contribution in [3.63, 3.8) is 0 Å². The number of hydrogen-bond acceptors (Lipinski definition) is 5. The molecule has 0 spiro atoms. The summed E-state index contributed by atoms with van der Waals surface area (Å²) in [5.74, 6) is 0.728. The molecule has 25 heavy (non-hydrogen) atoms. The Morgan fingerprint density at radius 1 is 1.12 bits per heavy atom. The molecule has 0 aliphatic rings. The molecule has 1 aromatic heterocycles. The van der Waals surface area contributed by atoms with Crippen LogP contribution in [0.2, 0.25) is 0 Å². The van der Waals surface area contributed by atoms with Crippen LogP contribution in [0.25, 0.3) is 12.2 Å². The van der Waals surface area contributed by atoms with E-state index in [0.717, 1.165) is 26.9 Å². The number of nitrogens with zero attached hydrogens (tertiary/aromatic N) is 3. The normalized spacial score (nSPS) is 11.0. The molecule has 0 fully saturated rings. The molecule has 0 saturated carbocycles. The zero-order valence-corrected chi connectivity index (χ0v) is 14.3. The van der Waals surface area contributed by atoms with Gasteiger partial charge in [-0.25, -0.2) is 4.79 Å². The predicted molar refractivity (Wildman–Crippen MR) is 94.7 cm³/mol. The van der Waals surface area contributed by atoms with Gasteiger partial charge in [0.05, 0.1) is 11.5 Å². The fourth-order valence-corrected chi connectivity index (χ4v) is 2.27. The van der Waals surface area contributed by atoms with Crippen molar-refractivity contribution in [3.05, 3.63) is 66.5 Å². The van der Waals surface area contributed by atoms with Gasteiger partial charge in [-0.1, -0.05) is 25.1 Å². The molecular weight excluding hydrogens is 326 g/mol. The van der Waals surface area contributed by atoms with Crippen LogP contribution in [0.15, 0.2) is 33.9 Å². The molecular formula is C17H19N3O5. The van der Waals surface area contributed by atoms with E-state index in [1.54, 1.807) is 30.3 Å². The van der Waals surface area contributed by atoms with Gasteiger partial charge in [0.1, 0.15) is 11.4 Å². The minimum atomic E-state index is -0.934. The molecule has 0 amide bonds. The Morgan fingerprint density at radius 2 is 1.76 bits per heavy atom. The van der Waals surface area contributed by atoms with E-state index in [-0.39, 0.29) is 5.69 Å². The van der Waals surface area contributed by atoms with Gasteiger partial charge in [0.15, 0.2) is 0 Å². The first kappa shape index (κ1) is 18.2. The lowest BCUT2D eigenvalue weighted by atomic mass is 10.2. The second-order valence-electron chi connectivity index (χ2n) is 5.45. The molecule has 1 aromatic carbocycles. The Kier molecular flexibility index (Phi) is 5.53. The van der Waals surface area contributed by atoms with Gasteiger partial charge in [0, 0.05) is 14.1 Å². The van der Waals surface area contributed by atoms with Crippen molar-refractivity contribution in [2.24, 2.45) is 14.1 Å². The first-order valence-electron chi connectivity index (χ1n) is 7.72. The largest absolute Gasteiger partial charge is 0.494 e. The summed E-state index contributed by atoms with van der Waals surface area (Å²) in [4.78, 5) is 34.5. The molecule has 0 aliphatic carbocycles. The summed E-state index contributed by atoms with van der Waals surface area (Å²) in [5.41, 5.74) is -1.49. The Bertz CT molecular complexity index is 923. The van der Waals surface area contributed by atoms with Crippen molar-refractivity contribution in [2.45, 2.75) is 13.3 Å². The third-order valence-corrected chi connectivity index (χ3v) is 3.65. The van der Waals surface area contributed by atoms with Gasteiger partial charge in [0.2, 0.25) is 0 Å². The van der Waals surface area contributed by atoms with E-state index in [9.17, 15) is 19.7 Å². The van der Waals surface area contributed by atoms with E-state index in [0.29, 0.717) is 6.61 Å². The third-order valence-electron chi connectivity index (χ3n) is 3.65. The van der Waals surface area contributed by atoms with Crippen LogP contribution >= 0.6 is 0 Å². The van der Waals surface area contributed by atoms with Crippen LogP contribution in [0, 0.1) is 10.1 Å². The monoisotopic (exact) mass is 345 g/mol. The Morgan fingerprint density at radius 3 is 2.32 bits per heavy atom. The van der Waals surface area contributed by atoms with Crippen molar-refractivity contribution in [2.75, 3.05) is 6.61 Å². The van der Waals surface area contributed by atoms with Crippen molar-refractivity contribution < 1.29 is 9.66 Å². The molecule has 0 atom stereocenters. The van der Waals surface area contributed by atoms with E-state index < -0.39 is 21.9 Å². The molecule has 0 bridgehead atoms. The van der Waals surface area contributed by atoms with Crippen LogP contribution in [0.4, 0.5) is 5.69 Å². The number of nitro groups is 1. The van der Waals surface area contributed by atoms with E-state index in [4.69, 9.17) is 4.74 Å². The van der Waals surface area contributed by atoms with Crippen molar-refractivity contribution in [1.29, 1.82) is 0 Å². The lowest BCUT2D eigenvalue weighted by Gasteiger charge is -2.07. The highest BCUT2D eigenvalue weighted by Gasteiger charge is 2.23. The lowest BCUT2D eigenvalue weighted by molar-refractivity contribution is -0.387. The number of hydrogen-bond donors (Lipinski definition) is 0. The van der Waals surface area contributed by atoms with Crippen LogP contribution in [-0.4, -0.2) is 20.7 Å². The average molecular weight is 345 g/mol. The zero-order valence-electron chi connectivity index (χ0n) is 14.3. The van der Waals surface area contributed by atoms with Gasteiger partial charge < -0.3 is 4.74 Å². The second-order valence-corrected chi connectivity index (χ2v) is 5.45. The zero-order chi connectivity index (χ0) is 18.6. The van der Waals surface area contributed by atoms with E-state index in [2.05, 4.69) is 0 Å². The summed E-state index contributed by atoms with van der Waals surface area (Å²) in [5, 5.41) is 11.2. The summed E-state index contributed by atoms with van der Waals surface area (Å²) in [6, 6.07) is 7.14. The lowest BCUT2D eigenvalue weighted by Crippen LogP contribution is -2.39. The van der Waals surface area contributed by atoms with Gasteiger partial charge >= 0.3 is 16.9 Å². The fourth-order valence-electron chi connectivity index (χ4n) is 2.27. The predicted octanol–water partition coefficient (Wildman–Crippen LogP) is 1.95. The molecule has 0 N–H and O–H groups in total. The van der Waals surface area contributed by atoms with Crippen LogP contribution in [0.1, 0.15) is 24.6 Å². The first-order chi connectivity index (χ1) is 11.9. The molecule has 0 radical (unpaired) electrons. The van der Waals surface area contributed by atoms with E-state index in [1.165, 1.54) is 20.2 Å². The van der Waals surface area contributed by atoms with Crippen LogP contribution in [0.5, 0.6) is 5.75 Å². The molecule has 2 rings (SSSR count). The first-order valence-corrected chi connectivity index (χ1v) is 7.72. The highest BCUT2D eigenvalue weighted by molar-refractivity contribution is 5.72. The molecule has 0 aliphatic heterocycles. The van der Waals surface area contributed by atoms with Crippen molar-refractivity contribution >= 4 is 17.8 Å². The van der Waals surface area contributed by atoms with Gasteiger partial charge in [-0.15, -0.1) is 0 Å². The molecule has 0 unspecified atom stereocenters. The maximum atomic E-state index is 12.0. The quantitative estimate of drug-likeness (QED) is 0.589. The highest BCUT2D eigenvalue weighted by Crippen LogP contribution is 2.17. The maximum absolute atomic E-state index is 12.0. The molecule has 2 aromatic rings. The number of rotatable bonds is 6. The Balaban J connectivity index is 2.43. The van der Waals surface area contributed by atoms with Gasteiger partial charge in [0.25, 0.3) is 0 Å². The SMILES string of the molecule is CCCOc1ccc(C=Cc2c([N+](=O)[O-])c(=O)n(C)c(=O)n2C)cc1. The topological polar surface area (TPSA) is 96.4 Å². The minimum Gasteiger partial charge on any atom is -0.494 e. The van der Waals surface area contributed by atoms with Crippen molar-refractivity contribution in [3.8, 4) is 5.75 Å². The van der Waals surface area contributed by atoms with Crippen molar-refractivity contribution in [1.82, 2.24) is 9.13 Å². The maximum Gasteiger partial charge on any atom is 0.357 e. The molecule has 0 saturated heterocycles. The smallest absolute Gasteiger partial charge is 0.357 e. The van der Waals surface area contributed by atoms with Crippen LogP contribution < -0.4 is 16.0 Å². The van der Waals surface area contributed by atoms with Gasteiger partial charge in [-0.3, -0.25) is 24.0 Å². The number of aromatic nitrogens is 2. The van der Waals surface area contributed by atoms with E-state index in [1.807, 2.05) is 6.92 Å². The van der Waals surface area contributed by atoms with E-state index >= 15 is 0 Å². The van der Waals surface area contributed by atoms with Gasteiger partial charge in [-0.2, -0.15) is 0 Å². The molecule has 1 heterocycles. The summed E-state index contributed by atoms with van der Waals surface area (Å²) in [6.07, 6.45) is 3.90. The second kappa shape index (κ2) is 7.61. The van der Waals surface area contributed by atoms with Gasteiger partial charge in [-0.05, 0) is 30.2 Å². The van der Waals surface area contributed by atoms with Crippen LogP contribution in [-0.2, 0) is 14.1 Å². The Labute approximate surface area is 143 Å². The molecule has 8 nitrogen and oxygen atoms in total. The third kappa shape index (κ3) is 3.85.